The number of carbonyl (C=O) groups excluding carboxylic acids is 2. The average Bonchev–Trinajstić information content (AvgIpc) is 3.53. The van der Waals surface area contributed by atoms with Crippen LogP contribution in [0.3, 0.4) is 0 Å². The topological polar surface area (TPSA) is 140 Å². The Balaban J connectivity index is 0.000000405. The number of benzene rings is 3. The number of fused-ring (bicyclic) bond motifs is 1. The van der Waals surface area contributed by atoms with Gasteiger partial charge in [-0.2, -0.15) is 0 Å². The number of Topliss-reactive ketones (excluding diaryl/α,β-unsaturated/α-hetero) is 1. The highest BCUT2D eigenvalue weighted by Crippen LogP contribution is 2.20. The zero-order valence-corrected chi connectivity index (χ0v) is 29.9. The Morgan fingerprint density at radius 1 is 0.922 bits per heavy atom. The van der Waals surface area contributed by atoms with E-state index in [-0.39, 0.29) is 19.5 Å². The van der Waals surface area contributed by atoms with E-state index in [1.807, 2.05) is 87.1 Å². The third kappa shape index (κ3) is 11.9. The number of hydrogen-bond donors (Lipinski definition) is 3. The number of aliphatic carboxylic acids is 1. The first-order valence-corrected chi connectivity index (χ1v) is 17.2. The summed E-state index contributed by atoms with van der Waals surface area (Å²) < 4.78 is 7.60. The minimum Gasteiger partial charge on any atom is -0.481 e. The van der Waals surface area contributed by atoms with Gasteiger partial charge in [0.25, 0.3) is 0 Å². The van der Waals surface area contributed by atoms with E-state index < -0.39 is 29.4 Å². The molecular weight excluding hydrogens is 642 g/mol. The molecule has 2 aromatic heterocycles. The molecule has 1 amide bonds. The number of hydrogen-bond acceptors (Lipinski definition) is 7. The fourth-order valence-corrected chi connectivity index (χ4v) is 5.56. The van der Waals surface area contributed by atoms with Crippen LogP contribution in [0.15, 0.2) is 109 Å². The van der Waals surface area contributed by atoms with Crippen molar-refractivity contribution < 1.29 is 24.2 Å². The molecule has 0 aliphatic rings. The Morgan fingerprint density at radius 3 is 2.29 bits per heavy atom. The SMILES string of the molecule is Cn1cccc1CNCCC[C@H](C(=O)O)C(=O)c1ccc(CN(Cc2ccccn2)C(=O)OC(C)(C)C)cc1.NCc1cccc2ccccc12. The van der Waals surface area contributed by atoms with Crippen molar-refractivity contribution in [2.75, 3.05) is 6.54 Å². The van der Waals surface area contributed by atoms with Crippen molar-refractivity contribution in [2.45, 2.75) is 65.4 Å². The molecule has 0 aliphatic heterocycles. The van der Waals surface area contributed by atoms with Crippen LogP contribution in [0.5, 0.6) is 0 Å². The number of ketones is 1. The summed E-state index contributed by atoms with van der Waals surface area (Å²) in [7, 11) is 1.97. The highest BCUT2D eigenvalue weighted by Gasteiger charge is 2.27. The highest BCUT2D eigenvalue weighted by molar-refractivity contribution is 6.08. The lowest BCUT2D eigenvalue weighted by Gasteiger charge is -2.27. The number of nitrogens with two attached hydrogens (primary N) is 1. The number of carboxylic acids is 1. The van der Waals surface area contributed by atoms with E-state index in [1.165, 1.54) is 16.3 Å². The molecule has 0 unspecified atom stereocenters. The number of aryl methyl sites for hydroxylation is 1. The first-order chi connectivity index (χ1) is 24.4. The Kier molecular flexibility index (Phi) is 14.0. The number of aromatic nitrogens is 2. The van der Waals surface area contributed by atoms with Crippen LogP contribution < -0.4 is 11.1 Å². The molecule has 3 aromatic carbocycles. The molecule has 0 radical (unpaired) electrons. The number of ether oxygens (including phenoxy) is 1. The van der Waals surface area contributed by atoms with Crippen LogP contribution in [0.25, 0.3) is 10.8 Å². The van der Waals surface area contributed by atoms with Crippen molar-refractivity contribution in [3.05, 3.63) is 138 Å². The number of nitrogens with one attached hydrogen (secondary N) is 1. The number of nitrogens with zero attached hydrogens (tertiary/aromatic N) is 3. The van der Waals surface area contributed by atoms with E-state index in [9.17, 15) is 19.5 Å². The summed E-state index contributed by atoms with van der Waals surface area (Å²) in [5.41, 5.74) is 9.14. The summed E-state index contributed by atoms with van der Waals surface area (Å²) in [5.74, 6) is -2.66. The number of carbonyl (C=O) groups is 3. The van der Waals surface area contributed by atoms with Crippen molar-refractivity contribution in [3.63, 3.8) is 0 Å². The maximum atomic E-state index is 13.0. The Bertz CT molecular complexity index is 1860. The maximum Gasteiger partial charge on any atom is 0.410 e. The maximum absolute atomic E-state index is 13.0. The number of amides is 1. The Hall–Kier alpha value is -5.32. The summed E-state index contributed by atoms with van der Waals surface area (Å²) in [6.45, 7) is 7.83. The van der Waals surface area contributed by atoms with Crippen LogP contribution in [-0.2, 0) is 42.8 Å². The lowest BCUT2D eigenvalue weighted by molar-refractivity contribution is -0.140. The van der Waals surface area contributed by atoms with Gasteiger partial charge in [-0.05, 0) is 86.3 Å². The first kappa shape index (κ1) is 38.5. The van der Waals surface area contributed by atoms with E-state index in [2.05, 4.69) is 34.6 Å². The summed E-state index contributed by atoms with van der Waals surface area (Å²) >= 11 is 0. The minimum atomic E-state index is -1.13. The van der Waals surface area contributed by atoms with Crippen LogP contribution >= 0.6 is 0 Å². The van der Waals surface area contributed by atoms with E-state index in [0.717, 1.165) is 17.0 Å². The fraction of sp³-hybridized carbons (Fsp3) is 0.317. The summed E-state index contributed by atoms with van der Waals surface area (Å²) in [5, 5.41) is 15.5. The second-order valence-corrected chi connectivity index (χ2v) is 13.4. The van der Waals surface area contributed by atoms with Crippen molar-refractivity contribution in [1.29, 1.82) is 0 Å². The normalized spacial score (nSPS) is 11.7. The van der Waals surface area contributed by atoms with Crippen LogP contribution in [0.4, 0.5) is 4.79 Å². The van der Waals surface area contributed by atoms with E-state index in [4.69, 9.17) is 10.5 Å². The second kappa shape index (κ2) is 18.6. The van der Waals surface area contributed by atoms with Crippen molar-refractivity contribution in [2.24, 2.45) is 18.7 Å². The van der Waals surface area contributed by atoms with Crippen molar-refractivity contribution >= 4 is 28.6 Å². The summed E-state index contributed by atoms with van der Waals surface area (Å²) in [6.07, 6.45) is 3.97. The predicted octanol–water partition coefficient (Wildman–Crippen LogP) is 7.11. The monoisotopic (exact) mass is 691 g/mol. The number of carboxylic acid groups (broad SMARTS) is 1. The van der Waals surface area contributed by atoms with Gasteiger partial charge in [-0.3, -0.25) is 19.5 Å². The van der Waals surface area contributed by atoms with Crippen LogP contribution in [0, 0.1) is 5.92 Å². The van der Waals surface area contributed by atoms with Crippen molar-refractivity contribution in [3.8, 4) is 0 Å². The number of pyridine rings is 1. The van der Waals surface area contributed by atoms with Gasteiger partial charge in [-0.25, -0.2) is 4.79 Å². The van der Waals surface area contributed by atoms with Gasteiger partial charge in [-0.15, -0.1) is 0 Å². The summed E-state index contributed by atoms with van der Waals surface area (Å²) in [6, 6.07) is 30.7. The van der Waals surface area contributed by atoms with E-state index in [1.54, 1.807) is 35.4 Å². The molecule has 0 aliphatic carbocycles. The molecule has 5 rings (SSSR count). The number of rotatable bonds is 14. The molecule has 2 heterocycles. The van der Waals surface area contributed by atoms with Gasteiger partial charge in [0.2, 0.25) is 0 Å². The van der Waals surface area contributed by atoms with Crippen molar-refractivity contribution in [1.82, 2.24) is 19.8 Å². The molecular formula is C41H49N5O5. The smallest absolute Gasteiger partial charge is 0.410 e. The minimum absolute atomic E-state index is 0.243. The van der Waals surface area contributed by atoms with E-state index in [0.29, 0.717) is 31.6 Å². The first-order valence-electron chi connectivity index (χ1n) is 17.2. The lowest BCUT2D eigenvalue weighted by Crippen LogP contribution is -2.36. The van der Waals surface area contributed by atoms with Gasteiger partial charge in [0.05, 0.1) is 12.2 Å². The standard InChI is InChI=1S/C30H38N4O5.C11H11N/c1-30(2,3)39-29(38)34(21-24-9-5-6-17-32-24)20-22-12-14-23(15-13-22)27(35)26(28(36)37)11-7-16-31-19-25-10-8-18-33(25)4;12-8-10-6-3-5-9-4-1-2-7-11(9)10/h5-6,8-10,12-15,17-18,26,31H,7,11,16,19-21H2,1-4H3,(H,36,37);1-7H,8,12H2/t26-;/m0./s1. The molecule has 0 spiro atoms. The molecule has 0 saturated carbocycles. The lowest BCUT2D eigenvalue weighted by atomic mass is 9.93. The molecule has 0 saturated heterocycles. The molecule has 51 heavy (non-hydrogen) atoms. The molecule has 268 valence electrons. The summed E-state index contributed by atoms with van der Waals surface area (Å²) in [4.78, 5) is 43.6. The van der Waals surface area contributed by atoms with Gasteiger partial charge >= 0.3 is 12.1 Å². The Morgan fingerprint density at radius 2 is 1.65 bits per heavy atom. The fourth-order valence-electron chi connectivity index (χ4n) is 5.56. The van der Waals surface area contributed by atoms with Gasteiger partial charge in [0, 0.05) is 50.3 Å². The molecule has 0 bridgehead atoms. The van der Waals surface area contributed by atoms with Crippen LogP contribution in [0.2, 0.25) is 0 Å². The molecule has 0 fully saturated rings. The zero-order chi connectivity index (χ0) is 36.8. The van der Waals surface area contributed by atoms with Gasteiger partial charge in [0.15, 0.2) is 5.78 Å². The molecule has 4 N–H and O–H groups in total. The highest BCUT2D eigenvalue weighted by atomic mass is 16.6. The van der Waals surface area contributed by atoms with Gasteiger partial charge in [0.1, 0.15) is 11.5 Å². The van der Waals surface area contributed by atoms with Crippen LogP contribution in [-0.4, -0.2) is 49.5 Å². The third-order valence-corrected chi connectivity index (χ3v) is 8.26. The predicted molar refractivity (Wildman–Crippen MR) is 200 cm³/mol. The Labute approximate surface area is 300 Å². The second-order valence-electron chi connectivity index (χ2n) is 13.4. The zero-order valence-electron chi connectivity index (χ0n) is 29.9. The van der Waals surface area contributed by atoms with Gasteiger partial charge < -0.3 is 25.5 Å². The average molecular weight is 692 g/mol. The quantitative estimate of drug-likeness (QED) is 0.0636. The molecule has 1 atom stereocenters. The largest absolute Gasteiger partial charge is 0.481 e. The van der Waals surface area contributed by atoms with Gasteiger partial charge in [-0.1, -0.05) is 72.8 Å². The van der Waals surface area contributed by atoms with Crippen LogP contribution in [0.1, 0.15) is 66.5 Å². The molecule has 5 aromatic rings. The van der Waals surface area contributed by atoms with E-state index >= 15 is 0 Å². The molecule has 10 heteroatoms. The third-order valence-electron chi connectivity index (χ3n) is 8.26. The molecule has 10 nitrogen and oxygen atoms in total.